The molecule has 0 unspecified atom stereocenters. The maximum atomic E-state index is 12.2. The van der Waals surface area contributed by atoms with Gasteiger partial charge < -0.3 is 0 Å². The van der Waals surface area contributed by atoms with Gasteiger partial charge in [-0.1, -0.05) is 41.9 Å². The number of halogens is 1. The van der Waals surface area contributed by atoms with Gasteiger partial charge in [0.15, 0.2) is 5.84 Å². The van der Waals surface area contributed by atoms with E-state index in [2.05, 4.69) is 26.0 Å². The van der Waals surface area contributed by atoms with Gasteiger partial charge in [-0.2, -0.15) is 15.1 Å². The van der Waals surface area contributed by atoms with E-state index in [4.69, 9.17) is 5.41 Å². The van der Waals surface area contributed by atoms with Crippen LogP contribution in [0.25, 0.3) is 6.08 Å². The first-order chi connectivity index (χ1) is 10.5. The molecular formula is C15H13BrN4OS. The van der Waals surface area contributed by atoms with Crippen LogP contribution in [-0.4, -0.2) is 27.0 Å². The fourth-order valence-corrected chi connectivity index (χ4v) is 3.12. The van der Waals surface area contributed by atoms with E-state index in [1.54, 1.807) is 6.08 Å². The molecule has 0 bridgehead atoms. The maximum absolute atomic E-state index is 12.2. The number of carbonyl (C=O) groups excluding carboxylic acids is 1. The number of thioether (sulfide) groups is 1. The highest BCUT2D eigenvalue weighted by Gasteiger charge is 2.36. The standard InChI is InChI=1S/C15H13BrN4OS/c1-8(2)14-19-20-12(17)11(13(21)18-15(20)22-14)7-9-3-5-10(16)6-4-9/h3-8,17H,1-2H3. The molecule has 0 radical (unpaired) electrons. The number of nitrogens with zero attached hydrogens (tertiary/aromatic N) is 3. The smallest absolute Gasteiger partial charge is 0.282 e. The Balaban J connectivity index is 1.97. The van der Waals surface area contributed by atoms with E-state index in [9.17, 15) is 4.79 Å². The minimum atomic E-state index is -0.396. The van der Waals surface area contributed by atoms with Crippen LogP contribution < -0.4 is 0 Å². The third-order valence-corrected chi connectivity index (χ3v) is 4.88. The van der Waals surface area contributed by atoms with Crippen LogP contribution in [0.3, 0.4) is 0 Å². The minimum Gasteiger partial charge on any atom is -0.282 e. The molecule has 1 aromatic rings. The number of carbonyl (C=O) groups is 1. The summed E-state index contributed by atoms with van der Waals surface area (Å²) in [6.07, 6.45) is 1.67. The van der Waals surface area contributed by atoms with Gasteiger partial charge in [-0.05, 0) is 35.5 Å². The second-order valence-corrected chi connectivity index (χ2v) is 7.07. The Hall–Kier alpha value is -1.73. The summed E-state index contributed by atoms with van der Waals surface area (Å²) in [4.78, 5) is 16.3. The summed E-state index contributed by atoms with van der Waals surface area (Å²) in [6, 6.07) is 7.52. The van der Waals surface area contributed by atoms with Gasteiger partial charge in [-0.25, -0.2) is 0 Å². The van der Waals surface area contributed by atoms with Gasteiger partial charge in [-0.3, -0.25) is 10.2 Å². The summed E-state index contributed by atoms with van der Waals surface area (Å²) in [5.74, 6) is -0.0898. The van der Waals surface area contributed by atoms with Crippen molar-refractivity contribution in [2.45, 2.75) is 13.8 Å². The van der Waals surface area contributed by atoms with Crippen LogP contribution in [0, 0.1) is 11.3 Å². The fraction of sp³-hybridized carbons (Fsp3) is 0.200. The number of amidine groups is 2. The molecule has 2 aliphatic rings. The Morgan fingerprint density at radius 2 is 2.00 bits per heavy atom. The second kappa shape index (κ2) is 5.81. The lowest BCUT2D eigenvalue weighted by atomic mass is 10.1. The molecular weight excluding hydrogens is 364 g/mol. The van der Waals surface area contributed by atoms with Crippen LogP contribution in [0.1, 0.15) is 19.4 Å². The van der Waals surface area contributed by atoms with Crippen molar-refractivity contribution in [2.75, 3.05) is 0 Å². The third kappa shape index (κ3) is 2.78. The first-order valence-electron chi connectivity index (χ1n) is 6.71. The number of amides is 1. The van der Waals surface area contributed by atoms with Crippen LogP contribution in [0.5, 0.6) is 0 Å². The normalized spacial score (nSPS) is 19.6. The molecule has 3 rings (SSSR count). The molecule has 0 spiro atoms. The van der Waals surface area contributed by atoms with Gasteiger partial charge in [0.05, 0.1) is 5.57 Å². The van der Waals surface area contributed by atoms with E-state index in [0.717, 1.165) is 15.1 Å². The Labute approximate surface area is 140 Å². The third-order valence-electron chi connectivity index (χ3n) is 3.15. The summed E-state index contributed by atoms with van der Waals surface area (Å²) < 4.78 is 0.960. The van der Waals surface area contributed by atoms with Crippen LogP contribution in [-0.2, 0) is 4.79 Å². The number of benzene rings is 1. The van der Waals surface area contributed by atoms with Crippen LogP contribution in [0.15, 0.2) is 44.4 Å². The fourth-order valence-electron chi connectivity index (χ4n) is 1.97. The lowest BCUT2D eigenvalue weighted by Crippen LogP contribution is -2.35. The zero-order valence-electron chi connectivity index (χ0n) is 12.0. The highest BCUT2D eigenvalue weighted by atomic mass is 79.9. The summed E-state index contributed by atoms with van der Waals surface area (Å²) in [6.45, 7) is 4.05. The van der Waals surface area contributed by atoms with Crippen molar-refractivity contribution in [1.29, 1.82) is 5.41 Å². The molecule has 2 heterocycles. The maximum Gasteiger partial charge on any atom is 0.283 e. The molecule has 5 nitrogen and oxygen atoms in total. The first kappa shape index (κ1) is 15.2. The number of hydrazone groups is 1. The zero-order chi connectivity index (χ0) is 15.9. The summed E-state index contributed by atoms with van der Waals surface area (Å²) >= 11 is 4.72. The van der Waals surface area contributed by atoms with E-state index in [1.165, 1.54) is 16.8 Å². The van der Waals surface area contributed by atoms with E-state index in [0.29, 0.717) is 5.17 Å². The zero-order valence-corrected chi connectivity index (χ0v) is 14.4. The lowest BCUT2D eigenvalue weighted by Gasteiger charge is -2.20. The molecule has 0 saturated heterocycles. The van der Waals surface area contributed by atoms with Crippen molar-refractivity contribution in [3.8, 4) is 0 Å². The molecule has 0 fully saturated rings. The number of aliphatic imine (C=N–C) groups is 1. The molecule has 1 amide bonds. The van der Waals surface area contributed by atoms with Gasteiger partial charge >= 0.3 is 0 Å². The monoisotopic (exact) mass is 376 g/mol. The molecule has 112 valence electrons. The Morgan fingerprint density at radius 1 is 1.32 bits per heavy atom. The average molecular weight is 377 g/mol. The van der Waals surface area contributed by atoms with Crippen molar-refractivity contribution in [3.63, 3.8) is 0 Å². The van der Waals surface area contributed by atoms with Crippen molar-refractivity contribution >= 4 is 55.7 Å². The largest absolute Gasteiger partial charge is 0.283 e. The highest BCUT2D eigenvalue weighted by Crippen LogP contribution is 2.30. The van der Waals surface area contributed by atoms with E-state index >= 15 is 0 Å². The molecule has 22 heavy (non-hydrogen) atoms. The molecule has 0 atom stereocenters. The highest BCUT2D eigenvalue weighted by molar-refractivity contribution is 9.10. The minimum absolute atomic E-state index is 0.0704. The SMILES string of the molecule is CC(C)C1=NN2C(=N)C(=Cc3ccc(Br)cc3)C(=O)N=C2S1. The van der Waals surface area contributed by atoms with Gasteiger partial charge in [0.25, 0.3) is 5.91 Å². The average Bonchev–Trinajstić information content (AvgIpc) is 2.90. The molecule has 0 saturated carbocycles. The van der Waals surface area contributed by atoms with Crippen LogP contribution in [0.4, 0.5) is 0 Å². The Kier molecular flexibility index (Phi) is 4.01. The van der Waals surface area contributed by atoms with E-state index in [-0.39, 0.29) is 17.3 Å². The molecule has 2 aliphatic heterocycles. The molecule has 1 N–H and O–H groups in total. The van der Waals surface area contributed by atoms with Crippen molar-refractivity contribution in [2.24, 2.45) is 16.0 Å². The lowest BCUT2D eigenvalue weighted by molar-refractivity contribution is -0.114. The summed E-state index contributed by atoms with van der Waals surface area (Å²) in [5, 5.41) is 15.4. The summed E-state index contributed by atoms with van der Waals surface area (Å²) in [5.41, 5.74) is 1.09. The molecule has 7 heteroatoms. The Morgan fingerprint density at radius 3 is 2.64 bits per heavy atom. The Bertz CT molecular complexity index is 749. The molecule has 0 aromatic heterocycles. The van der Waals surface area contributed by atoms with Crippen LogP contribution >= 0.6 is 27.7 Å². The van der Waals surface area contributed by atoms with Gasteiger partial charge in [-0.15, -0.1) is 0 Å². The number of hydrogen-bond acceptors (Lipinski definition) is 4. The second-order valence-electron chi connectivity index (χ2n) is 5.16. The van der Waals surface area contributed by atoms with Crippen molar-refractivity contribution in [1.82, 2.24) is 5.01 Å². The van der Waals surface area contributed by atoms with Crippen LogP contribution in [0.2, 0.25) is 0 Å². The molecule has 1 aromatic carbocycles. The predicted octanol–water partition coefficient (Wildman–Crippen LogP) is 3.72. The quantitative estimate of drug-likeness (QED) is 0.799. The number of fused-ring (bicyclic) bond motifs is 1. The number of nitrogens with one attached hydrogen (secondary N) is 1. The van der Waals surface area contributed by atoms with Crippen molar-refractivity contribution < 1.29 is 4.79 Å². The van der Waals surface area contributed by atoms with Gasteiger partial charge in [0.1, 0.15) is 5.04 Å². The number of rotatable bonds is 2. The van der Waals surface area contributed by atoms with E-state index < -0.39 is 5.91 Å². The van der Waals surface area contributed by atoms with Gasteiger partial charge in [0, 0.05) is 10.4 Å². The van der Waals surface area contributed by atoms with Crippen molar-refractivity contribution in [3.05, 3.63) is 39.9 Å². The summed E-state index contributed by atoms with van der Waals surface area (Å²) in [7, 11) is 0. The molecule has 0 aliphatic carbocycles. The van der Waals surface area contributed by atoms with Gasteiger partial charge in [0.2, 0.25) is 5.17 Å². The van der Waals surface area contributed by atoms with E-state index in [1.807, 2.05) is 38.1 Å². The first-order valence-corrected chi connectivity index (χ1v) is 8.32. The number of hydrogen-bond donors (Lipinski definition) is 1. The predicted molar refractivity (Wildman–Crippen MR) is 94.0 cm³/mol. The topological polar surface area (TPSA) is 68.9 Å².